The number of nitrogens with one attached hydrogen (secondary N) is 2. The maximum atomic E-state index is 12.6. The van der Waals surface area contributed by atoms with Crippen LogP contribution in [0.3, 0.4) is 0 Å². The van der Waals surface area contributed by atoms with Gasteiger partial charge in [0.25, 0.3) is 0 Å². The second kappa shape index (κ2) is 6.58. The van der Waals surface area contributed by atoms with E-state index in [0.29, 0.717) is 6.42 Å². The van der Waals surface area contributed by atoms with E-state index >= 15 is 0 Å². The lowest BCUT2D eigenvalue weighted by molar-refractivity contribution is -0.139. The summed E-state index contributed by atoms with van der Waals surface area (Å²) in [5.41, 5.74) is 0.731. The molecule has 1 aromatic carbocycles. The van der Waals surface area contributed by atoms with Gasteiger partial charge in [-0.1, -0.05) is 19.1 Å². The van der Waals surface area contributed by atoms with Gasteiger partial charge in [0, 0.05) is 6.54 Å². The topological polar surface area (TPSA) is 78.4 Å². The van der Waals surface area contributed by atoms with Gasteiger partial charge in [-0.25, -0.2) is 14.0 Å². The lowest BCUT2D eigenvalue weighted by Gasteiger charge is -2.13. The highest BCUT2D eigenvalue weighted by Crippen LogP contribution is 2.02. The van der Waals surface area contributed by atoms with Crippen LogP contribution in [-0.2, 0) is 11.3 Å². The van der Waals surface area contributed by atoms with Crippen molar-refractivity contribution in [3.8, 4) is 0 Å². The fraction of sp³-hybridized carbons (Fsp3) is 0.333. The molecule has 98 valence electrons. The molecular formula is C12H15FN2O3. The van der Waals surface area contributed by atoms with E-state index in [-0.39, 0.29) is 12.4 Å². The van der Waals surface area contributed by atoms with Gasteiger partial charge in [0.05, 0.1) is 0 Å². The Morgan fingerprint density at radius 2 is 1.94 bits per heavy atom. The number of carbonyl (C=O) groups excluding carboxylic acids is 1. The first kappa shape index (κ1) is 14.0. The fourth-order valence-electron chi connectivity index (χ4n) is 1.33. The summed E-state index contributed by atoms with van der Waals surface area (Å²) in [5.74, 6) is -1.42. The van der Waals surface area contributed by atoms with E-state index in [1.807, 2.05) is 0 Å². The van der Waals surface area contributed by atoms with Crippen molar-refractivity contribution in [3.63, 3.8) is 0 Å². The number of carboxylic acid groups (broad SMARTS) is 1. The molecule has 6 heteroatoms. The van der Waals surface area contributed by atoms with Crippen molar-refractivity contribution in [3.05, 3.63) is 35.6 Å². The minimum absolute atomic E-state index is 0.210. The van der Waals surface area contributed by atoms with Crippen LogP contribution in [0.4, 0.5) is 9.18 Å². The lowest BCUT2D eigenvalue weighted by Crippen LogP contribution is -2.45. The first-order valence-electron chi connectivity index (χ1n) is 5.54. The number of amides is 2. The van der Waals surface area contributed by atoms with Gasteiger partial charge in [-0.2, -0.15) is 0 Å². The van der Waals surface area contributed by atoms with Crippen molar-refractivity contribution in [1.29, 1.82) is 0 Å². The van der Waals surface area contributed by atoms with Crippen molar-refractivity contribution < 1.29 is 19.1 Å². The van der Waals surface area contributed by atoms with E-state index in [9.17, 15) is 14.0 Å². The fourth-order valence-corrected chi connectivity index (χ4v) is 1.33. The van der Waals surface area contributed by atoms with E-state index in [1.165, 1.54) is 12.1 Å². The summed E-state index contributed by atoms with van der Waals surface area (Å²) in [5, 5.41) is 13.6. The maximum absolute atomic E-state index is 12.6. The van der Waals surface area contributed by atoms with Crippen molar-refractivity contribution in [2.45, 2.75) is 25.9 Å². The molecule has 1 atom stereocenters. The Balaban J connectivity index is 2.41. The van der Waals surface area contributed by atoms with E-state index in [2.05, 4.69) is 10.6 Å². The van der Waals surface area contributed by atoms with Crippen LogP contribution in [0.25, 0.3) is 0 Å². The van der Waals surface area contributed by atoms with E-state index in [4.69, 9.17) is 5.11 Å². The number of aliphatic carboxylic acids is 1. The summed E-state index contributed by atoms with van der Waals surface area (Å²) in [6, 6.07) is 4.21. The summed E-state index contributed by atoms with van der Waals surface area (Å²) in [6.07, 6.45) is 0.305. The van der Waals surface area contributed by atoms with Crippen LogP contribution in [0.2, 0.25) is 0 Å². The monoisotopic (exact) mass is 254 g/mol. The molecule has 0 bridgehead atoms. The van der Waals surface area contributed by atoms with Crippen LogP contribution in [0.1, 0.15) is 18.9 Å². The average Bonchev–Trinajstić information content (AvgIpc) is 2.35. The normalized spacial score (nSPS) is 11.7. The van der Waals surface area contributed by atoms with Crippen molar-refractivity contribution >= 4 is 12.0 Å². The van der Waals surface area contributed by atoms with Crippen LogP contribution < -0.4 is 10.6 Å². The summed E-state index contributed by atoms with van der Waals surface area (Å²) in [4.78, 5) is 22.1. The third-order valence-corrected chi connectivity index (χ3v) is 2.38. The Hall–Kier alpha value is -2.11. The third kappa shape index (κ3) is 4.40. The van der Waals surface area contributed by atoms with Gasteiger partial charge in [0.2, 0.25) is 0 Å². The number of carbonyl (C=O) groups is 2. The molecular weight excluding hydrogens is 239 g/mol. The van der Waals surface area contributed by atoms with Gasteiger partial charge in [-0.05, 0) is 24.1 Å². The maximum Gasteiger partial charge on any atom is 0.326 e. The quantitative estimate of drug-likeness (QED) is 0.744. The number of rotatable bonds is 5. The van der Waals surface area contributed by atoms with Gasteiger partial charge in [-0.15, -0.1) is 0 Å². The number of hydrogen-bond donors (Lipinski definition) is 3. The molecule has 18 heavy (non-hydrogen) atoms. The molecule has 0 radical (unpaired) electrons. The second-order valence-electron chi connectivity index (χ2n) is 3.75. The number of carboxylic acids is 1. The number of urea groups is 1. The largest absolute Gasteiger partial charge is 0.480 e. The van der Waals surface area contributed by atoms with Crippen LogP contribution in [0, 0.1) is 5.82 Å². The van der Waals surface area contributed by atoms with Crippen LogP contribution in [-0.4, -0.2) is 23.1 Å². The first-order valence-corrected chi connectivity index (χ1v) is 5.54. The zero-order valence-corrected chi connectivity index (χ0v) is 9.94. The summed E-state index contributed by atoms with van der Waals surface area (Å²) in [6.45, 7) is 1.88. The Labute approximate surface area is 104 Å². The van der Waals surface area contributed by atoms with Crippen molar-refractivity contribution in [2.75, 3.05) is 0 Å². The molecule has 2 amide bonds. The van der Waals surface area contributed by atoms with Gasteiger partial charge in [0.1, 0.15) is 11.9 Å². The SMILES string of the molecule is CCC(NC(=O)NCc1ccc(F)cc1)C(=O)O. The molecule has 1 rings (SSSR count). The van der Waals surface area contributed by atoms with Gasteiger partial charge < -0.3 is 15.7 Å². The summed E-state index contributed by atoms with van der Waals surface area (Å²) in [7, 11) is 0. The Morgan fingerprint density at radius 1 is 1.33 bits per heavy atom. The predicted octanol–water partition coefficient (Wildman–Crippen LogP) is 1.49. The minimum Gasteiger partial charge on any atom is -0.480 e. The Bertz CT molecular complexity index is 420. The molecule has 0 aliphatic rings. The highest BCUT2D eigenvalue weighted by Gasteiger charge is 2.16. The van der Waals surface area contributed by atoms with Crippen LogP contribution in [0.15, 0.2) is 24.3 Å². The molecule has 0 saturated heterocycles. The zero-order chi connectivity index (χ0) is 13.5. The zero-order valence-electron chi connectivity index (χ0n) is 9.94. The molecule has 0 aromatic heterocycles. The number of benzene rings is 1. The molecule has 0 heterocycles. The van der Waals surface area contributed by atoms with Crippen molar-refractivity contribution in [1.82, 2.24) is 10.6 Å². The lowest BCUT2D eigenvalue weighted by atomic mass is 10.2. The van der Waals surface area contributed by atoms with Crippen LogP contribution in [0.5, 0.6) is 0 Å². The Kier molecular flexibility index (Phi) is 5.10. The minimum atomic E-state index is -1.07. The van der Waals surface area contributed by atoms with Gasteiger partial charge in [0.15, 0.2) is 0 Å². The van der Waals surface area contributed by atoms with Crippen LogP contribution >= 0.6 is 0 Å². The standard InChI is InChI=1S/C12H15FN2O3/c1-2-10(11(16)17)15-12(18)14-7-8-3-5-9(13)6-4-8/h3-6,10H,2,7H2,1H3,(H,16,17)(H2,14,15,18). The second-order valence-corrected chi connectivity index (χ2v) is 3.75. The molecule has 1 aromatic rings. The summed E-state index contributed by atoms with van der Waals surface area (Å²) < 4.78 is 12.6. The Morgan fingerprint density at radius 3 is 2.44 bits per heavy atom. The highest BCUT2D eigenvalue weighted by molar-refractivity contribution is 5.82. The molecule has 0 fully saturated rings. The van der Waals surface area contributed by atoms with E-state index in [1.54, 1.807) is 19.1 Å². The van der Waals surface area contributed by atoms with Gasteiger partial charge in [-0.3, -0.25) is 0 Å². The van der Waals surface area contributed by atoms with E-state index < -0.39 is 18.0 Å². The van der Waals surface area contributed by atoms with Gasteiger partial charge >= 0.3 is 12.0 Å². The van der Waals surface area contributed by atoms with E-state index in [0.717, 1.165) is 5.56 Å². The molecule has 0 spiro atoms. The first-order chi connectivity index (χ1) is 8.52. The smallest absolute Gasteiger partial charge is 0.326 e. The predicted molar refractivity (Wildman–Crippen MR) is 63.5 cm³/mol. The molecule has 1 unspecified atom stereocenters. The van der Waals surface area contributed by atoms with Crippen molar-refractivity contribution in [2.24, 2.45) is 0 Å². The average molecular weight is 254 g/mol. The summed E-state index contributed by atoms with van der Waals surface area (Å²) >= 11 is 0. The molecule has 0 aliphatic carbocycles. The highest BCUT2D eigenvalue weighted by atomic mass is 19.1. The number of hydrogen-bond acceptors (Lipinski definition) is 2. The molecule has 0 saturated carbocycles. The molecule has 5 nitrogen and oxygen atoms in total. The number of halogens is 1. The molecule has 0 aliphatic heterocycles. The third-order valence-electron chi connectivity index (χ3n) is 2.38. The molecule has 3 N–H and O–H groups in total.